The minimum absolute atomic E-state index is 0. The van der Waals surface area contributed by atoms with E-state index in [-0.39, 0.29) is 36.3 Å². The summed E-state index contributed by atoms with van der Waals surface area (Å²) in [5.74, 6) is 0.494. The molecule has 0 N–H and O–H groups in total. The molecule has 35 heavy (non-hydrogen) atoms. The van der Waals surface area contributed by atoms with Gasteiger partial charge in [0.25, 0.3) is 0 Å². The summed E-state index contributed by atoms with van der Waals surface area (Å²) in [4.78, 5) is 29.1. The maximum absolute atomic E-state index is 13.7. The summed E-state index contributed by atoms with van der Waals surface area (Å²) in [6, 6.07) is 19.4. The lowest BCUT2D eigenvalue weighted by molar-refractivity contribution is -0.938. The third-order valence-electron chi connectivity index (χ3n) is 8.23. The summed E-state index contributed by atoms with van der Waals surface area (Å²) in [5.41, 5.74) is 1.81. The van der Waals surface area contributed by atoms with E-state index < -0.39 is 0 Å². The number of piperidine rings is 3. The minimum atomic E-state index is -0.339. The van der Waals surface area contributed by atoms with Crippen LogP contribution < -0.4 is 12.4 Å². The number of esters is 1. The molecule has 5 nitrogen and oxygen atoms in total. The van der Waals surface area contributed by atoms with Gasteiger partial charge in [-0.2, -0.15) is 0 Å². The number of Topliss-reactive ketones (excluding diaryl/α,β-unsaturated/α-hetero) is 1. The number of halogens is 1. The van der Waals surface area contributed by atoms with Crippen LogP contribution in [0.2, 0.25) is 0 Å². The standard InChI is InChI=1S/C29H37N2O3.ClH/c32-26(23-11-5-3-6-12-23)21-31-19-15-24(16-20-31)27(22-31)34-29(33)28(25-13-7-4-8-14-25)30-17-9-1-2-10-18-30;/h3-8,11-14,24,27-28H,1-2,9-10,15-22H2;1H/q+1;/p-1/t24?,27-,28?,31?;/m0./s1. The molecule has 0 aliphatic carbocycles. The maximum Gasteiger partial charge on any atom is 0.328 e. The van der Waals surface area contributed by atoms with Crippen molar-refractivity contribution >= 4 is 11.8 Å². The number of ketones is 1. The summed E-state index contributed by atoms with van der Waals surface area (Å²) in [6.45, 7) is 5.15. The number of fused-ring (bicyclic) bond motifs is 3. The van der Waals surface area contributed by atoms with E-state index in [0.29, 0.717) is 12.5 Å². The molecule has 4 heterocycles. The Morgan fingerprint density at radius 3 is 2.11 bits per heavy atom. The highest BCUT2D eigenvalue weighted by Crippen LogP contribution is 2.37. The zero-order valence-corrected chi connectivity index (χ0v) is 21.2. The van der Waals surface area contributed by atoms with Gasteiger partial charge >= 0.3 is 5.97 Å². The fourth-order valence-corrected chi connectivity index (χ4v) is 6.30. The molecule has 0 amide bonds. The first-order valence-electron chi connectivity index (χ1n) is 13.1. The van der Waals surface area contributed by atoms with Gasteiger partial charge in [-0.1, -0.05) is 73.5 Å². The van der Waals surface area contributed by atoms with E-state index in [1.54, 1.807) is 0 Å². The Kier molecular flexibility index (Phi) is 8.64. The lowest BCUT2D eigenvalue weighted by atomic mass is 9.82. The molecule has 6 rings (SSSR count). The average Bonchev–Trinajstić information content (AvgIpc) is 3.15. The van der Waals surface area contributed by atoms with Gasteiger partial charge in [0, 0.05) is 24.3 Å². The molecule has 188 valence electrons. The summed E-state index contributed by atoms with van der Waals surface area (Å²) < 4.78 is 7.09. The molecule has 4 fully saturated rings. The second-order valence-electron chi connectivity index (χ2n) is 10.5. The molecule has 2 aromatic carbocycles. The Bertz CT molecular complexity index is 968. The minimum Gasteiger partial charge on any atom is -1.00 e. The zero-order chi connectivity index (χ0) is 23.4. The lowest BCUT2D eigenvalue weighted by Crippen LogP contribution is -3.00. The molecule has 0 aromatic heterocycles. The van der Waals surface area contributed by atoms with E-state index in [2.05, 4.69) is 17.0 Å². The van der Waals surface area contributed by atoms with Crippen LogP contribution in [-0.4, -0.2) is 66.5 Å². The predicted molar refractivity (Wildman–Crippen MR) is 132 cm³/mol. The molecular formula is C29H37ClN2O3. The van der Waals surface area contributed by atoms with Crippen molar-refractivity contribution in [1.82, 2.24) is 4.90 Å². The van der Waals surface area contributed by atoms with Crippen LogP contribution in [0, 0.1) is 5.92 Å². The molecule has 2 aromatic rings. The van der Waals surface area contributed by atoms with Gasteiger partial charge in [0.1, 0.15) is 19.1 Å². The van der Waals surface area contributed by atoms with Crippen LogP contribution in [0.25, 0.3) is 0 Å². The molecule has 4 aliphatic rings. The fourth-order valence-electron chi connectivity index (χ4n) is 6.30. The topological polar surface area (TPSA) is 46.6 Å². The highest BCUT2D eigenvalue weighted by molar-refractivity contribution is 5.97. The number of ether oxygens (including phenoxy) is 1. The number of carbonyl (C=O) groups is 2. The normalized spacial score (nSPS) is 27.3. The number of benzene rings is 2. The second kappa shape index (κ2) is 11.7. The van der Waals surface area contributed by atoms with E-state index in [1.165, 1.54) is 12.8 Å². The third-order valence-corrected chi connectivity index (χ3v) is 8.23. The maximum atomic E-state index is 13.7. The van der Waals surface area contributed by atoms with Crippen LogP contribution in [0.5, 0.6) is 0 Å². The van der Waals surface area contributed by atoms with Crippen molar-refractivity contribution in [2.24, 2.45) is 5.92 Å². The van der Waals surface area contributed by atoms with E-state index >= 15 is 0 Å². The Hall–Kier alpha value is -2.21. The molecule has 6 heteroatoms. The van der Waals surface area contributed by atoms with E-state index in [9.17, 15) is 9.59 Å². The van der Waals surface area contributed by atoms with Crippen molar-refractivity contribution in [3.63, 3.8) is 0 Å². The van der Waals surface area contributed by atoms with Crippen molar-refractivity contribution in [3.8, 4) is 0 Å². The fraction of sp³-hybridized carbons (Fsp3) is 0.517. The summed E-state index contributed by atoms with van der Waals surface area (Å²) >= 11 is 0. The van der Waals surface area contributed by atoms with E-state index in [1.807, 2.05) is 48.5 Å². The van der Waals surface area contributed by atoms with Crippen LogP contribution >= 0.6 is 0 Å². The number of quaternary nitrogens is 1. The molecule has 1 unspecified atom stereocenters. The number of carbonyl (C=O) groups excluding carboxylic acids is 2. The van der Waals surface area contributed by atoms with Crippen LogP contribution in [0.4, 0.5) is 0 Å². The van der Waals surface area contributed by atoms with Gasteiger partial charge in [-0.3, -0.25) is 9.69 Å². The van der Waals surface area contributed by atoms with Gasteiger partial charge in [0.05, 0.1) is 13.1 Å². The summed E-state index contributed by atoms with van der Waals surface area (Å²) in [6.07, 6.45) is 6.67. The quantitative estimate of drug-likeness (QED) is 0.332. The first-order chi connectivity index (χ1) is 16.6. The molecule has 0 radical (unpaired) electrons. The average molecular weight is 497 g/mol. The van der Waals surface area contributed by atoms with Gasteiger partial charge in [0.15, 0.2) is 6.10 Å². The number of likely N-dealkylation sites (tertiary alicyclic amines) is 1. The highest BCUT2D eigenvalue weighted by atomic mass is 35.5. The molecule has 2 bridgehead atoms. The third kappa shape index (κ3) is 5.96. The number of nitrogens with zero attached hydrogens (tertiary/aromatic N) is 2. The van der Waals surface area contributed by atoms with Crippen molar-refractivity contribution in [1.29, 1.82) is 0 Å². The lowest BCUT2D eigenvalue weighted by Gasteiger charge is -2.51. The van der Waals surface area contributed by atoms with Gasteiger partial charge in [0.2, 0.25) is 5.78 Å². The van der Waals surface area contributed by atoms with Crippen LogP contribution in [0.15, 0.2) is 60.7 Å². The van der Waals surface area contributed by atoms with Crippen molar-refractivity contribution in [2.75, 3.05) is 39.3 Å². The molecule has 0 saturated carbocycles. The van der Waals surface area contributed by atoms with E-state index in [4.69, 9.17) is 4.74 Å². The highest BCUT2D eigenvalue weighted by Gasteiger charge is 2.49. The molecule has 4 aliphatic heterocycles. The SMILES string of the molecule is O=C(C[N+]12CCC(CC1)[C@@H](OC(=O)C(c1ccccc1)N1CCCCCC1)C2)c1ccccc1.[Cl-]. The summed E-state index contributed by atoms with van der Waals surface area (Å²) in [7, 11) is 0. The van der Waals surface area contributed by atoms with Gasteiger partial charge in [-0.15, -0.1) is 0 Å². The number of rotatable bonds is 7. The van der Waals surface area contributed by atoms with Crippen molar-refractivity contribution in [3.05, 3.63) is 71.8 Å². The Morgan fingerprint density at radius 1 is 0.886 bits per heavy atom. The van der Waals surface area contributed by atoms with Crippen LogP contribution in [0.1, 0.15) is 60.5 Å². The van der Waals surface area contributed by atoms with Crippen molar-refractivity contribution in [2.45, 2.75) is 50.7 Å². The van der Waals surface area contributed by atoms with Crippen LogP contribution in [-0.2, 0) is 9.53 Å². The Labute approximate surface area is 215 Å². The molecule has 0 spiro atoms. The van der Waals surface area contributed by atoms with Crippen molar-refractivity contribution < 1.29 is 31.2 Å². The van der Waals surface area contributed by atoms with Crippen LogP contribution in [0.3, 0.4) is 0 Å². The number of hydrogen-bond acceptors (Lipinski definition) is 4. The van der Waals surface area contributed by atoms with E-state index in [0.717, 1.165) is 74.0 Å². The Balaban J connectivity index is 0.00000289. The van der Waals surface area contributed by atoms with Gasteiger partial charge in [-0.05, 0) is 31.5 Å². The van der Waals surface area contributed by atoms with Gasteiger partial charge < -0.3 is 21.6 Å². The monoisotopic (exact) mass is 496 g/mol. The zero-order valence-electron chi connectivity index (χ0n) is 20.5. The smallest absolute Gasteiger partial charge is 0.328 e. The number of hydrogen-bond donors (Lipinski definition) is 0. The first-order valence-corrected chi connectivity index (χ1v) is 13.1. The second-order valence-corrected chi connectivity index (χ2v) is 10.5. The largest absolute Gasteiger partial charge is 1.00 e. The van der Waals surface area contributed by atoms with Gasteiger partial charge in [-0.25, -0.2) is 4.79 Å². The molecule has 4 saturated heterocycles. The molecule has 2 atom stereocenters. The Morgan fingerprint density at radius 2 is 1.49 bits per heavy atom. The molecular weight excluding hydrogens is 460 g/mol. The summed E-state index contributed by atoms with van der Waals surface area (Å²) in [5, 5.41) is 0. The predicted octanol–water partition coefficient (Wildman–Crippen LogP) is 1.64. The first kappa shape index (κ1) is 25.9.